The van der Waals surface area contributed by atoms with Crippen molar-refractivity contribution in [1.82, 2.24) is 19.7 Å². The van der Waals surface area contributed by atoms with E-state index in [1.165, 1.54) is 11.4 Å². The molecule has 5 nitrogen and oxygen atoms in total. The lowest BCUT2D eigenvalue weighted by atomic mass is 10.2. The Morgan fingerprint density at radius 3 is 2.74 bits per heavy atom. The van der Waals surface area contributed by atoms with Gasteiger partial charge in [-0.15, -0.1) is 0 Å². The van der Waals surface area contributed by atoms with E-state index < -0.39 is 0 Å². The van der Waals surface area contributed by atoms with Gasteiger partial charge in [0.25, 0.3) is 0 Å². The number of nitrogens with zero attached hydrogens (tertiary/aromatic N) is 4. The number of aliphatic hydroxyl groups is 1. The fourth-order valence-corrected chi connectivity index (χ4v) is 3.27. The third-order valence-corrected chi connectivity index (χ3v) is 4.32. The lowest BCUT2D eigenvalue weighted by Gasteiger charge is -2.42. The first-order valence-electron chi connectivity index (χ1n) is 8.14. The molecule has 1 aliphatic rings. The highest BCUT2D eigenvalue weighted by molar-refractivity contribution is 6.29. The van der Waals surface area contributed by atoms with Crippen molar-refractivity contribution in [2.45, 2.75) is 26.8 Å². The Kier molecular flexibility index (Phi) is 6.69. The van der Waals surface area contributed by atoms with Gasteiger partial charge >= 0.3 is 0 Å². The lowest BCUT2D eigenvalue weighted by molar-refractivity contribution is 0.113. The van der Waals surface area contributed by atoms with Crippen LogP contribution in [0.15, 0.2) is 29.7 Å². The molecule has 0 saturated heterocycles. The highest BCUT2D eigenvalue weighted by Crippen LogP contribution is 2.22. The molecule has 0 aromatic carbocycles. The molecule has 1 N–H and O–H groups in total. The summed E-state index contributed by atoms with van der Waals surface area (Å²) < 4.78 is 0. The van der Waals surface area contributed by atoms with Crippen molar-refractivity contribution in [3.05, 3.63) is 40.4 Å². The first-order chi connectivity index (χ1) is 11.0. The third kappa shape index (κ3) is 4.83. The Bertz CT molecular complexity index is 532. The highest BCUT2D eigenvalue weighted by Gasteiger charge is 2.23. The standard InChI is InChI=1S/C17H27ClN4O/c1-4-22(12-15-6-7-16(18)19-10-15)17-14(2)11-21(8-5-9-23)13-20(17)3/h6-7,10,23H,4-5,8-9,11-13H2,1-3H3. The smallest absolute Gasteiger partial charge is 0.129 e. The summed E-state index contributed by atoms with van der Waals surface area (Å²) >= 11 is 5.87. The molecular weight excluding hydrogens is 312 g/mol. The SMILES string of the molecule is CCN(Cc1ccc(Cl)nc1)C1=C(C)CN(CCCO)CN1C. The van der Waals surface area contributed by atoms with E-state index in [1.807, 2.05) is 18.3 Å². The van der Waals surface area contributed by atoms with Crippen LogP contribution in [0.1, 0.15) is 25.8 Å². The number of aromatic nitrogens is 1. The first-order valence-corrected chi connectivity index (χ1v) is 8.52. The molecule has 0 saturated carbocycles. The molecule has 0 unspecified atom stereocenters. The van der Waals surface area contributed by atoms with E-state index in [1.54, 1.807) is 0 Å². The maximum atomic E-state index is 9.01. The van der Waals surface area contributed by atoms with Crippen LogP contribution >= 0.6 is 11.6 Å². The monoisotopic (exact) mass is 338 g/mol. The van der Waals surface area contributed by atoms with Crippen molar-refractivity contribution in [3.63, 3.8) is 0 Å². The molecular formula is C17H27ClN4O. The van der Waals surface area contributed by atoms with Crippen LogP contribution in [0.3, 0.4) is 0 Å². The first kappa shape index (κ1) is 18.0. The maximum absolute atomic E-state index is 9.01. The van der Waals surface area contributed by atoms with Gasteiger partial charge in [-0.3, -0.25) is 4.90 Å². The number of pyridine rings is 1. The minimum absolute atomic E-state index is 0.250. The molecule has 0 bridgehead atoms. The number of hydrogen-bond donors (Lipinski definition) is 1. The van der Waals surface area contributed by atoms with Crippen LogP contribution in [0.5, 0.6) is 0 Å². The van der Waals surface area contributed by atoms with Crippen LogP contribution in [0.4, 0.5) is 0 Å². The van der Waals surface area contributed by atoms with Gasteiger partial charge in [0.15, 0.2) is 0 Å². The van der Waals surface area contributed by atoms with E-state index in [-0.39, 0.29) is 6.61 Å². The summed E-state index contributed by atoms with van der Waals surface area (Å²) in [6, 6.07) is 3.87. The molecule has 1 aromatic rings. The summed E-state index contributed by atoms with van der Waals surface area (Å²) in [5.74, 6) is 1.29. The Morgan fingerprint density at radius 1 is 1.39 bits per heavy atom. The summed E-state index contributed by atoms with van der Waals surface area (Å²) in [5.41, 5.74) is 2.52. The summed E-state index contributed by atoms with van der Waals surface area (Å²) in [5, 5.41) is 9.54. The normalized spacial score (nSPS) is 16.1. The fraction of sp³-hybridized carbons (Fsp3) is 0.588. The van der Waals surface area contributed by atoms with Gasteiger partial charge in [-0.05, 0) is 37.5 Å². The topological polar surface area (TPSA) is 42.8 Å². The number of rotatable bonds is 7. The van der Waals surface area contributed by atoms with E-state index in [0.29, 0.717) is 5.15 Å². The molecule has 2 rings (SSSR count). The van der Waals surface area contributed by atoms with Crippen molar-refractivity contribution in [2.24, 2.45) is 0 Å². The zero-order chi connectivity index (χ0) is 16.8. The Labute approximate surface area is 144 Å². The number of hydrogen-bond acceptors (Lipinski definition) is 5. The zero-order valence-electron chi connectivity index (χ0n) is 14.3. The molecule has 128 valence electrons. The van der Waals surface area contributed by atoms with Crippen LogP contribution in [0.25, 0.3) is 0 Å². The number of aliphatic hydroxyl groups excluding tert-OH is 1. The van der Waals surface area contributed by atoms with Crippen LogP contribution in [0.2, 0.25) is 5.15 Å². The molecule has 1 aromatic heterocycles. The Hall–Kier alpha value is -1.30. The molecule has 0 aliphatic carbocycles. The van der Waals surface area contributed by atoms with E-state index in [2.05, 4.69) is 40.6 Å². The van der Waals surface area contributed by atoms with Crippen molar-refractivity contribution >= 4 is 11.6 Å². The predicted octanol–water partition coefficient (Wildman–Crippen LogP) is 2.38. The van der Waals surface area contributed by atoms with Crippen LogP contribution in [-0.2, 0) is 6.54 Å². The van der Waals surface area contributed by atoms with Crippen LogP contribution in [0, 0.1) is 0 Å². The highest BCUT2D eigenvalue weighted by atomic mass is 35.5. The molecule has 0 spiro atoms. The third-order valence-electron chi connectivity index (χ3n) is 4.09. The molecule has 0 radical (unpaired) electrons. The van der Waals surface area contributed by atoms with Gasteiger partial charge in [0, 0.05) is 46.0 Å². The van der Waals surface area contributed by atoms with Gasteiger partial charge < -0.3 is 14.9 Å². The van der Waals surface area contributed by atoms with Crippen molar-refractivity contribution in [3.8, 4) is 0 Å². The fourth-order valence-electron chi connectivity index (χ4n) is 3.16. The summed E-state index contributed by atoms with van der Waals surface area (Å²) in [7, 11) is 2.13. The van der Waals surface area contributed by atoms with E-state index >= 15 is 0 Å². The van der Waals surface area contributed by atoms with E-state index in [4.69, 9.17) is 16.7 Å². The summed E-state index contributed by atoms with van der Waals surface area (Å²) in [4.78, 5) is 11.2. The number of halogens is 1. The molecule has 0 fully saturated rings. The minimum atomic E-state index is 0.250. The van der Waals surface area contributed by atoms with Gasteiger partial charge in [0.05, 0.1) is 6.67 Å². The predicted molar refractivity (Wildman–Crippen MR) is 93.9 cm³/mol. The summed E-state index contributed by atoms with van der Waals surface area (Å²) in [6.07, 6.45) is 2.67. The van der Waals surface area contributed by atoms with Crippen LogP contribution < -0.4 is 0 Å². The largest absolute Gasteiger partial charge is 0.396 e. The van der Waals surface area contributed by atoms with Gasteiger partial charge in [-0.2, -0.15) is 0 Å². The van der Waals surface area contributed by atoms with Gasteiger partial charge in [0.2, 0.25) is 0 Å². The van der Waals surface area contributed by atoms with Gasteiger partial charge in [-0.1, -0.05) is 17.7 Å². The Morgan fingerprint density at radius 2 is 2.17 bits per heavy atom. The molecule has 2 heterocycles. The average molecular weight is 339 g/mol. The van der Waals surface area contributed by atoms with Gasteiger partial charge in [-0.25, -0.2) is 4.98 Å². The van der Waals surface area contributed by atoms with Gasteiger partial charge in [0.1, 0.15) is 11.0 Å². The van der Waals surface area contributed by atoms with Crippen molar-refractivity contribution < 1.29 is 5.11 Å². The maximum Gasteiger partial charge on any atom is 0.129 e. The Balaban J connectivity index is 2.11. The minimum Gasteiger partial charge on any atom is -0.396 e. The average Bonchev–Trinajstić information content (AvgIpc) is 2.53. The quantitative estimate of drug-likeness (QED) is 0.773. The molecule has 0 amide bonds. The van der Waals surface area contributed by atoms with E-state index in [9.17, 15) is 0 Å². The molecule has 23 heavy (non-hydrogen) atoms. The second-order valence-corrected chi connectivity index (χ2v) is 6.46. The van der Waals surface area contributed by atoms with Crippen molar-refractivity contribution in [2.75, 3.05) is 40.0 Å². The molecule has 1 aliphatic heterocycles. The van der Waals surface area contributed by atoms with Crippen molar-refractivity contribution in [1.29, 1.82) is 0 Å². The van der Waals surface area contributed by atoms with Crippen LogP contribution in [-0.4, -0.2) is 64.7 Å². The second kappa shape index (κ2) is 8.52. The zero-order valence-corrected chi connectivity index (χ0v) is 15.1. The lowest BCUT2D eigenvalue weighted by Crippen LogP contribution is -2.46. The molecule has 6 heteroatoms. The summed E-state index contributed by atoms with van der Waals surface area (Å²) in [6.45, 7) is 9.16. The molecule has 0 atom stereocenters. The van der Waals surface area contributed by atoms with E-state index in [0.717, 1.165) is 44.8 Å². The second-order valence-electron chi connectivity index (χ2n) is 6.08.